The summed E-state index contributed by atoms with van der Waals surface area (Å²) in [5, 5.41) is 19.6. The molecule has 0 aromatic heterocycles. The Labute approximate surface area is 247 Å². The molecular formula is C35H54O6. The Balaban J connectivity index is 1.44. The van der Waals surface area contributed by atoms with Crippen LogP contribution in [-0.4, -0.2) is 34.2 Å². The molecule has 10 atom stereocenters. The Hall–Kier alpha value is -1.85. The van der Waals surface area contributed by atoms with Gasteiger partial charge in [-0.2, -0.15) is 0 Å². The zero-order valence-electron chi connectivity index (χ0n) is 26.6. The van der Waals surface area contributed by atoms with Gasteiger partial charge in [0.1, 0.15) is 6.10 Å². The van der Waals surface area contributed by atoms with Gasteiger partial charge in [0.25, 0.3) is 0 Å². The lowest BCUT2D eigenvalue weighted by molar-refractivity contribution is -0.214. The largest absolute Gasteiger partial charge is 0.481 e. The van der Waals surface area contributed by atoms with Crippen LogP contribution in [0.2, 0.25) is 0 Å². The number of carboxylic acids is 2. The number of allylic oxidation sites excluding steroid dienone is 2. The van der Waals surface area contributed by atoms with Crippen molar-refractivity contribution in [2.75, 3.05) is 0 Å². The van der Waals surface area contributed by atoms with Crippen LogP contribution in [0.25, 0.3) is 0 Å². The molecule has 0 radical (unpaired) electrons. The number of carboxylic acid groups (broad SMARTS) is 2. The molecule has 3 unspecified atom stereocenters. The van der Waals surface area contributed by atoms with Gasteiger partial charge >= 0.3 is 17.9 Å². The molecule has 6 nitrogen and oxygen atoms in total. The van der Waals surface area contributed by atoms with Gasteiger partial charge in [-0.25, -0.2) is 0 Å². The van der Waals surface area contributed by atoms with Crippen molar-refractivity contribution in [3.63, 3.8) is 0 Å². The van der Waals surface area contributed by atoms with E-state index in [-0.39, 0.29) is 52.5 Å². The molecule has 0 spiro atoms. The molecule has 0 aromatic rings. The first-order valence-electron chi connectivity index (χ1n) is 16.4. The van der Waals surface area contributed by atoms with Gasteiger partial charge < -0.3 is 14.9 Å². The van der Waals surface area contributed by atoms with Crippen LogP contribution >= 0.6 is 0 Å². The van der Waals surface area contributed by atoms with Crippen molar-refractivity contribution in [2.24, 2.45) is 56.7 Å². The zero-order chi connectivity index (χ0) is 30.2. The van der Waals surface area contributed by atoms with Gasteiger partial charge in [-0.05, 0) is 110 Å². The van der Waals surface area contributed by atoms with Crippen LogP contribution in [0.1, 0.15) is 126 Å². The molecule has 0 aromatic carbocycles. The van der Waals surface area contributed by atoms with E-state index in [1.807, 2.05) is 0 Å². The predicted molar refractivity (Wildman–Crippen MR) is 158 cm³/mol. The van der Waals surface area contributed by atoms with E-state index < -0.39 is 17.4 Å². The molecular weight excluding hydrogens is 516 g/mol. The molecule has 4 saturated carbocycles. The first kappa shape index (κ1) is 30.6. The second-order valence-corrected chi connectivity index (χ2v) is 16.2. The fourth-order valence-corrected chi connectivity index (χ4v) is 11.6. The van der Waals surface area contributed by atoms with Crippen molar-refractivity contribution in [3.05, 3.63) is 11.6 Å². The topological polar surface area (TPSA) is 101 Å². The summed E-state index contributed by atoms with van der Waals surface area (Å²) in [6.45, 7) is 16.7. The van der Waals surface area contributed by atoms with Gasteiger partial charge in [-0.1, -0.05) is 60.1 Å². The summed E-state index contributed by atoms with van der Waals surface area (Å²) in [5.41, 5.74) is 0.894. The monoisotopic (exact) mass is 570 g/mol. The van der Waals surface area contributed by atoms with Gasteiger partial charge in [0, 0.05) is 18.3 Å². The van der Waals surface area contributed by atoms with Crippen LogP contribution in [0.15, 0.2) is 11.6 Å². The molecule has 2 N–H and O–H groups in total. The van der Waals surface area contributed by atoms with Crippen molar-refractivity contribution in [1.29, 1.82) is 0 Å². The highest BCUT2D eigenvalue weighted by Crippen LogP contribution is 2.75. The van der Waals surface area contributed by atoms with Gasteiger partial charge in [0.2, 0.25) is 0 Å². The Kier molecular flexibility index (Phi) is 7.55. The number of carbonyl (C=O) groups excluding carboxylic acids is 1. The first-order chi connectivity index (χ1) is 19.0. The minimum Gasteiger partial charge on any atom is -0.481 e. The molecule has 5 aliphatic rings. The van der Waals surface area contributed by atoms with Crippen LogP contribution in [0.3, 0.4) is 0 Å². The normalized spacial score (nSPS) is 46.6. The minimum atomic E-state index is -0.880. The number of fused-ring (bicyclic) bond motifs is 7. The Morgan fingerprint density at radius 1 is 0.878 bits per heavy atom. The minimum absolute atomic E-state index is 0.00354. The summed E-state index contributed by atoms with van der Waals surface area (Å²) >= 11 is 0. The molecule has 0 bridgehead atoms. The highest BCUT2D eigenvalue weighted by Gasteiger charge is 2.69. The Morgan fingerprint density at radius 2 is 1.59 bits per heavy atom. The molecule has 0 amide bonds. The third kappa shape index (κ3) is 4.34. The van der Waals surface area contributed by atoms with Crippen LogP contribution in [0, 0.1) is 56.7 Å². The molecule has 5 rings (SSSR count). The van der Waals surface area contributed by atoms with E-state index >= 15 is 0 Å². The summed E-state index contributed by atoms with van der Waals surface area (Å²) in [4.78, 5) is 36.5. The van der Waals surface area contributed by atoms with Crippen LogP contribution < -0.4 is 0 Å². The summed E-state index contributed by atoms with van der Waals surface area (Å²) in [6.07, 6.45) is 11.5. The van der Waals surface area contributed by atoms with Crippen molar-refractivity contribution in [3.8, 4) is 0 Å². The average molecular weight is 571 g/mol. The lowest BCUT2D eigenvalue weighted by Crippen LogP contribution is -2.65. The standard InChI is InChI=1S/C35H54O6/c1-21-13-18-35(30(39)40)20-19-33(6)23(29(35)22(21)2)11-12-25-32(5)16-15-26(41-28(38)10-8-9-27(36)37)31(3,4)24(32)14-17-34(25,33)7/h11,21-22,24-26,29H,8-10,12-20H2,1-7H3,(H,36,37)(H,39,40)/t21-,22+,24?,25?,26+,29?,32+,33-,34-,35+/m1/s1. The van der Waals surface area contributed by atoms with Gasteiger partial charge in [0.15, 0.2) is 0 Å². The number of aliphatic carboxylic acids is 2. The molecule has 4 fully saturated rings. The third-order valence-electron chi connectivity index (χ3n) is 14.4. The number of hydrogen-bond donors (Lipinski definition) is 2. The summed E-state index contributed by atoms with van der Waals surface area (Å²) in [6, 6.07) is 0. The van der Waals surface area contributed by atoms with E-state index in [1.165, 1.54) is 5.57 Å². The maximum atomic E-state index is 12.9. The maximum Gasteiger partial charge on any atom is 0.310 e. The van der Waals surface area contributed by atoms with E-state index in [1.54, 1.807) is 0 Å². The van der Waals surface area contributed by atoms with Crippen LogP contribution in [-0.2, 0) is 19.1 Å². The second-order valence-electron chi connectivity index (χ2n) is 16.2. The lowest BCUT2D eigenvalue weighted by Gasteiger charge is -2.71. The lowest BCUT2D eigenvalue weighted by atomic mass is 9.33. The highest BCUT2D eigenvalue weighted by atomic mass is 16.5. The molecule has 6 heteroatoms. The predicted octanol–water partition coefficient (Wildman–Crippen LogP) is 7.90. The van der Waals surface area contributed by atoms with E-state index in [2.05, 4.69) is 54.5 Å². The fourth-order valence-electron chi connectivity index (χ4n) is 11.6. The average Bonchev–Trinajstić information content (AvgIpc) is 2.88. The molecule has 0 heterocycles. The summed E-state index contributed by atoms with van der Waals surface area (Å²) in [5.74, 6) is 0.230. The van der Waals surface area contributed by atoms with E-state index in [0.29, 0.717) is 30.1 Å². The van der Waals surface area contributed by atoms with E-state index in [0.717, 1.165) is 57.8 Å². The van der Waals surface area contributed by atoms with E-state index in [9.17, 15) is 19.5 Å². The maximum absolute atomic E-state index is 12.9. The zero-order valence-corrected chi connectivity index (χ0v) is 26.6. The van der Waals surface area contributed by atoms with Gasteiger partial charge in [0.05, 0.1) is 5.41 Å². The molecule has 0 saturated heterocycles. The van der Waals surface area contributed by atoms with E-state index in [4.69, 9.17) is 9.84 Å². The Bertz CT molecular complexity index is 1120. The summed E-state index contributed by atoms with van der Waals surface area (Å²) < 4.78 is 6.06. The third-order valence-corrected chi connectivity index (χ3v) is 14.4. The number of ether oxygens (including phenoxy) is 1. The molecule has 41 heavy (non-hydrogen) atoms. The van der Waals surface area contributed by atoms with Crippen molar-refractivity contribution in [1.82, 2.24) is 0 Å². The number of esters is 1. The molecule has 230 valence electrons. The smallest absolute Gasteiger partial charge is 0.310 e. The summed E-state index contributed by atoms with van der Waals surface area (Å²) in [7, 11) is 0. The number of hydrogen-bond acceptors (Lipinski definition) is 4. The van der Waals surface area contributed by atoms with Crippen LogP contribution in [0.5, 0.6) is 0 Å². The van der Waals surface area contributed by atoms with Crippen molar-refractivity contribution < 1.29 is 29.3 Å². The SMILES string of the molecule is C[C@@H]1CC[C@]2(C(=O)O)CC[C@]3(C)C(=CCC4[C@@]5(C)CC[C@H](OC(=O)CCCC(=O)O)C(C)(C)C5CC[C@]43C)C2[C@H]1C. The van der Waals surface area contributed by atoms with Crippen LogP contribution in [0.4, 0.5) is 0 Å². The van der Waals surface area contributed by atoms with Crippen molar-refractivity contribution in [2.45, 2.75) is 132 Å². The van der Waals surface area contributed by atoms with Gasteiger partial charge in [-0.3, -0.25) is 14.4 Å². The fraction of sp³-hybridized carbons (Fsp3) is 0.857. The second kappa shape index (κ2) is 10.1. The first-order valence-corrected chi connectivity index (χ1v) is 16.4. The van der Waals surface area contributed by atoms with Crippen molar-refractivity contribution >= 4 is 17.9 Å². The Morgan fingerprint density at radius 3 is 2.24 bits per heavy atom. The molecule has 0 aliphatic heterocycles. The highest BCUT2D eigenvalue weighted by molar-refractivity contribution is 5.76. The number of carbonyl (C=O) groups is 3. The van der Waals surface area contributed by atoms with Gasteiger partial charge in [-0.15, -0.1) is 0 Å². The quantitative estimate of drug-likeness (QED) is 0.249. The number of rotatable bonds is 6. The molecule has 5 aliphatic carbocycles.